The Kier molecular flexibility index (Phi) is 5.22. The number of nitrogens with two attached hydrogens (primary N) is 1. The van der Waals surface area contributed by atoms with Crippen molar-refractivity contribution >= 4 is 10.8 Å². The molecule has 4 aromatic rings. The molecular formula is C26H22N4O4. The van der Waals surface area contributed by atoms with E-state index in [1.807, 2.05) is 48.5 Å². The number of aromatic nitrogens is 2. The molecule has 1 aromatic heterocycles. The quantitative estimate of drug-likeness (QED) is 0.457. The lowest BCUT2D eigenvalue weighted by Gasteiger charge is -2.26. The maximum atomic E-state index is 10.1. The molecule has 3 aromatic carbocycles. The largest absolute Gasteiger partial charge is 0.493 e. The van der Waals surface area contributed by atoms with Crippen LogP contribution < -0.4 is 24.7 Å². The van der Waals surface area contributed by atoms with Crippen molar-refractivity contribution in [3.05, 3.63) is 77.2 Å². The Bertz CT molecular complexity index is 1480. The summed E-state index contributed by atoms with van der Waals surface area (Å²) in [5, 5.41) is 19.7. The number of rotatable bonds is 5. The van der Waals surface area contributed by atoms with Crippen molar-refractivity contribution in [1.82, 2.24) is 10.2 Å². The molecule has 34 heavy (non-hydrogen) atoms. The highest BCUT2D eigenvalue weighted by molar-refractivity contribution is 5.97. The molecule has 1 aliphatic heterocycles. The Morgan fingerprint density at radius 2 is 1.74 bits per heavy atom. The first-order chi connectivity index (χ1) is 16.6. The van der Waals surface area contributed by atoms with Crippen LogP contribution >= 0.6 is 0 Å². The van der Waals surface area contributed by atoms with Crippen LogP contribution in [0.1, 0.15) is 17.0 Å². The van der Waals surface area contributed by atoms with Crippen molar-refractivity contribution in [2.75, 3.05) is 21.3 Å². The van der Waals surface area contributed by atoms with Gasteiger partial charge in [-0.05, 0) is 16.8 Å². The molecule has 0 bridgehead atoms. The van der Waals surface area contributed by atoms with Crippen LogP contribution in [0.25, 0.3) is 22.0 Å². The van der Waals surface area contributed by atoms with Gasteiger partial charge in [0, 0.05) is 11.1 Å². The molecule has 8 nitrogen and oxygen atoms in total. The molecule has 0 saturated heterocycles. The third-order valence-corrected chi connectivity index (χ3v) is 6.04. The van der Waals surface area contributed by atoms with Crippen molar-refractivity contribution in [3.63, 3.8) is 0 Å². The zero-order chi connectivity index (χ0) is 23.8. The van der Waals surface area contributed by atoms with Gasteiger partial charge in [-0.3, -0.25) is 5.10 Å². The predicted molar refractivity (Wildman–Crippen MR) is 127 cm³/mol. The fraction of sp³-hybridized carbons (Fsp3) is 0.154. The number of allylic oxidation sites excluding steroid dienone is 1. The van der Waals surface area contributed by atoms with E-state index in [0.29, 0.717) is 34.3 Å². The lowest BCUT2D eigenvalue weighted by atomic mass is 9.82. The molecule has 0 fully saturated rings. The summed E-state index contributed by atoms with van der Waals surface area (Å²) >= 11 is 0. The van der Waals surface area contributed by atoms with Crippen molar-refractivity contribution in [3.8, 4) is 40.5 Å². The molecule has 3 N–H and O–H groups in total. The van der Waals surface area contributed by atoms with E-state index >= 15 is 0 Å². The van der Waals surface area contributed by atoms with Gasteiger partial charge in [0.1, 0.15) is 11.6 Å². The highest BCUT2D eigenvalue weighted by atomic mass is 16.5. The average molecular weight is 454 g/mol. The number of fused-ring (bicyclic) bond motifs is 2. The SMILES string of the molecule is COc1ccc([C@@H]2C(C#N)=C(N)Oc3n[nH]c(-c4cccc5ccccc45)c32)c(OC)c1OC. The van der Waals surface area contributed by atoms with Gasteiger partial charge in [-0.1, -0.05) is 48.5 Å². The number of hydrogen-bond acceptors (Lipinski definition) is 7. The molecule has 1 aliphatic rings. The molecule has 1 atom stereocenters. The number of H-pyrrole nitrogens is 1. The Labute approximate surface area is 196 Å². The molecule has 0 radical (unpaired) electrons. The van der Waals surface area contributed by atoms with Gasteiger partial charge in [0.2, 0.25) is 17.5 Å². The molecule has 0 spiro atoms. The van der Waals surface area contributed by atoms with E-state index in [1.165, 1.54) is 7.11 Å². The number of ether oxygens (including phenoxy) is 4. The monoisotopic (exact) mass is 454 g/mol. The Balaban J connectivity index is 1.82. The number of hydrogen-bond donors (Lipinski definition) is 2. The second-order valence-electron chi connectivity index (χ2n) is 7.69. The number of nitrogens with zero attached hydrogens (tertiary/aromatic N) is 2. The molecule has 0 saturated carbocycles. The predicted octanol–water partition coefficient (Wildman–Crippen LogP) is 4.47. The second-order valence-corrected chi connectivity index (χ2v) is 7.69. The average Bonchev–Trinajstić information content (AvgIpc) is 3.29. The molecule has 2 heterocycles. The van der Waals surface area contributed by atoms with Gasteiger partial charge in [-0.15, -0.1) is 5.10 Å². The van der Waals surface area contributed by atoms with E-state index in [9.17, 15) is 5.26 Å². The van der Waals surface area contributed by atoms with Crippen LogP contribution in [0.4, 0.5) is 0 Å². The highest BCUT2D eigenvalue weighted by Gasteiger charge is 2.38. The smallest absolute Gasteiger partial charge is 0.244 e. The first-order valence-corrected chi connectivity index (χ1v) is 10.6. The minimum Gasteiger partial charge on any atom is -0.493 e. The van der Waals surface area contributed by atoms with Crippen LogP contribution in [-0.4, -0.2) is 31.5 Å². The number of nitriles is 1. The molecule has 0 unspecified atom stereocenters. The summed E-state index contributed by atoms with van der Waals surface area (Å²) < 4.78 is 22.6. The van der Waals surface area contributed by atoms with E-state index in [1.54, 1.807) is 20.3 Å². The summed E-state index contributed by atoms with van der Waals surface area (Å²) in [5.74, 6) is 1.05. The molecule has 8 heteroatoms. The zero-order valence-corrected chi connectivity index (χ0v) is 18.9. The standard InChI is InChI=1S/C26H22N4O4/c1-31-19-12-11-17(23(32-2)24(19)33-3)20-18(13-27)25(28)34-26-21(20)22(29-30-26)16-10-6-8-14-7-4-5-9-15(14)16/h4-12,20H,28H2,1-3H3,(H,29,30)/t20-/m1/s1. The first kappa shape index (κ1) is 21.2. The normalized spacial score (nSPS) is 14.8. The van der Waals surface area contributed by atoms with Gasteiger partial charge < -0.3 is 24.7 Å². The van der Waals surface area contributed by atoms with Crippen LogP contribution in [0.5, 0.6) is 23.1 Å². The van der Waals surface area contributed by atoms with Gasteiger partial charge in [0.25, 0.3) is 0 Å². The van der Waals surface area contributed by atoms with Crippen LogP contribution in [0.15, 0.2) is 66.1 Å². The maximum absolute atomic E-state index is 10.1. The fourth-order valence-corrected chi connectivity index (χ4v) is 4.56. The van der Waals surface area contributed by atoms with Crippen LogP contribution in [0, 0.1) is 11.3 Å². The summed E-state index contributed by atoms with van der Waals surface area (Å²) in [4.78, 5) is 0. The van der Waals surface area contributed by atoms with E-state index in [0.717, 1.165) is 22.0 Å². The second kappa shape index (κ2) is 8.37. The lowest BCUT2D eigenvalue weighted by molar-refractivity contribution is 0.321. The van der Waals surface area contributed by atoms with E-state index < -0.39 is 5.92 Å². The molecule has 0 aliphatic carbocycles. The minimum absolute atomic E-state index is 0.00666. The van der Waals surface area contributed by atoms with Gasteiger partial charge >= 0.3 is 0 Å². The molecule has 0 amide bonds. The fourth-order valence-electron chi connectivity index (χ4n) is 4.56. The summed E-state index contributed by atoms with van der Waals surface area (Å²) in [5.41, 5.74) is 9.44. The number of nitrogens with one attached hydrogen (secondary N) is 1. The zero-order valence-electron chi connectivity index (χ0n) is 18.9. The third kappa shape index (κ3) is 3.10. The highest BCUT2D eigenvalue weighted by Crippen LogP contribution is 2.52. The van der Waals surface area contributed by atoms with Crippen molar-refractivity contribution in [2.24, 2.45) is 5.73 Å². The summed E-state index contributed by atoms with van der Waals surface area (Å²) in [6.45, 7) is 0. The third-order valence-electron chi connectivity index (χ3n) is 6.04. The minimum atomic E-state index is -0.615. The summed E-state index contributed by atoms with van der Waals surface area (Å²) in [6, 6.07) is 19.9. The maximum Gasteiger partial charge on any atom is 0.244 e. The van der Waals surface area contributed by atoms with E-state index in [-0.39, 0.29) is 11.5 Å². The first-order valence-electron chi connectivity index (χ1n) is 10.6. The van der Waals surface area contributed by atoms with E-state index in [4.69, 9.17) is 24.7 Å². The van der Waals surface area contributed by atoms with Crippen molar-refractivity contribution < 1.29 is 18.9 Å². The lowest BCUT2D eigenvalue weighted by Crippen LogP contribution is -2.21. The van der Waals surface area contributed by atoms with Gasteiger partial charge in [0.05, 0.1) is 38.5 Å². The van der Waals surface area contributed by atoms with Crippen molar-refractivity contribution in [2.45, 2.75) is 5.92 Å². The van der Waals surface area contributed by atoms with Crippen LogP contribution in [0.2, 0.25) is 0 Å². The topological polar surface area (TPSA) is 115 Å². The molecule has 5 rings (SSSR count). The van der Waals surface area contributed by atoms with Gasteiger partial charge in [-0.25, -0.2) is 0 Å². The van der Waals surface area contributed by atoms with Gasteiger partial charge in [-0.2, -0.15) is 5.26 Å². The van der Waals surface area contributed by atoms with Gasteiger partial charge in [0.15, 0.2) is 11.5 Å². The van der Waals surface area contributed by atoms with Crippen LogP contribution in [0.3, 0.4) is 0 Å². The Morgan fingerprint density at radius 3 is 2.47 bits per heavy atom. The number of methoxy groups -OCH3 is 3. The van der Waals surface area contributed by atoms with Crippen LogP contribution in [-0.2, 0) is 0 Å². The molecule has 170 valence electrons. The number of aromatic amines is 1. The molecular weight excluding hydrogens is 432 g/mol. The Hall–Kier alpha value is -4.64. The van der Waals surface area contributed by atoms with E-state index in [2.05, 4.69) is 16.3 Å². The summed E-state index contributed by atoms with van der Waals surface area (Å²) in [7, 11) is 4.63. The van der Waals surface area contributed by atoms with Crippen molar-refractivity contribution in [1.29, 1.82) is 5.26 Å². The Morgan fingerprint density at radius 1 is 0.971 bits per heavy atom. The number of benzene rings is 3. The summed E-state index contributed by atoms with van der Waals surface area (Å²) in [6.07, 6.45) is 0.